The van der Waals surface area contributed by atoms with Crippen LogP contribution in [0.5, 0.6) is 0 Å². The smallest absolute Gasteiger partial charge is 0.340 e. The second-order valence-corrected chi connectivity index (χ2v) is 4.71. The molecule has 5 nitrogen and oxygen atoms in total. The van der Waals surface area contributed by atoms with Gasteiger partial charge in [-0.2, -0.15) is 0 Å². The van der Waals surface area contributed by atoms with Crippen LogP contribution in [-0.4, -0.2) is 32.1 Å². The topological polar surface area (TPSA) is 67.4 Å². The SMILES string of the molecule is COC(=O)c1cc(F)ccc1NC(=O)C1CCCNC1. The van der Waals surface area contributed by atoms with Gasteiger partial charge in [-0.05, 0) is 37.6 Å². The monoisotopic (exact) mass is 280 g/mol. The summed E-state index contributed by atoms with van der Waals surface area (Å²) in [4.78, 5) is 23.7. The van der Waals surface area contributed by atoms with Gasteiger partial charge in [0, 0.05) is 6.54 Å². The molecule has 1 amide bonds. The van der Waals surface area contributed by atoms with Crippen molar-refractivity contribution in [3.63, 3.8) is 0 Å². The fraction of sp³-hybridized carbons (Fsp3) is 0.429. The zero-order valence-corrected chi connectivity index (χ0v) is 11.2. The summed E-state index contributed by atoms with van der Waals surface area (Å²) in [7, 11) is 1.21. The Labute approximate surface area is 116 Å². The van der Waals surface area contributed by atoms with Gasteiger partial charge in [-0.25, -0.2) is 9.18 Å². The Balaban J connectivity index is 2.15. The highest BCUT2D eigenvalue weighted by molar-refractivity contribution is 6.01. The van der Waals surface area contributed by atoms with E-state index in [1.165, 1.54) is 19.2 Å². The summed E-state index contributed by atoms with van der Waals surface area (Å²) >= 11 is 0. The van der Waals surface area contributed by atoms with E-state index in [0.29, 0.717) is 6.54 Å². The minimum Gasteiger partial charge on any atom is -0.465 e. The van der Waals surface area contributed by atoms with E-state index in [9.17, 15) is 14.0 Å². The van der Waals surface area contributed by atoms with Crippen molar-refractivity contribution in [2.75, 3.05) is 25.5 Å². The van der Waals surface area contributed by atoms with Crippen LogP contribution in [0.4, 0.5) is 10.1 Å². The van der Waals surface area contributed by atoms with Gasteiger partial charge in [-0.15, -0.1) is 0 Å². The first-order valence-corrected chi connectivity index (χ1v) is 6.51. The molecule has 2 N–H and O–H groups in total. The molecule has 0 saturated carbocycles. The first-order valence-electron chi connectivity index (χ1n) is 6.51. The third kappa shape index (κ3) is 3.33. The van der Waals surface area contributed by atoms with Crippen LogP contribution in [0.15, 0.2) is 18.2 Å². The molecule has 0 aromatic heterocycles. The average Bonchev–Trinajstić information content (AvgIpc) is 2.49. The summed E-state index contributed by atoms with van der Waals surface area (Å²) in [6, 6.07) is 3.62. The Kier molecular flexibility index (Phi) is 4.68. The van der Waals surface area contributed by atoms with Crippen LogP contribution in [0.1, 0.15) is 23.2 Å². The molecule has 0 aliphatic carbocycles. The summed E-state index contributed by atoms with van der Waals surface area (Å²) in [5, 5.41) is 5.82. The number of halogens is 1. The molecule has 1 aromatic rings. The molecular formula is C14H17FN2O3. The third-order valence-electron chi connectivity index (χ3n) is 3.31. The normalized spacial score (nSPS) is 18.4. The highest BCUT2D eigenvalue weighted by Gasteiger charge is 2.23. The lowest BCUT2D eigenvalue weighted by molar-refractivity contribution is -0.120. The Hall–Kier alpha value is -1.95. The van der Waals surface area contributed by atoms with E-state index < -0.39 is 11.8 Å². The number of hydrogen-bond donors (Lipinski definition) is 2. The minimum absolute atomic E-state index is 0.0182. The predicted molar refractivity (Wildman–Crippen MR) is 72.0 cm³/mol. The number of carbonyl (C=O) groups is 2. The fourth-order valence-electron chi connectivity index (χ4n) is 2.21. The number of nitrogens with one attached hydrogen (secondary N) is 2. The van der Waals surface area contributed by atoms with Gasteiger partial charge in [-0.3, -0.25) is 4.79 Å². The largest absolute Gasteiger partial charge is 0.465 e. The van der Waals surface area contributed by atoms with Crippen LogP contribution in [0.2, 0.25) is 0 Å². The van der Waals surface area contributed by atoms with Crippen LogP contribution >= 0.6 is 0 Å². The zero-order chi connectivity index (χ0) is 14.5. The fourth-order valence-corrected chi connectivity index (χ4v) is 2.21. The van der Waals surface area contributed by atoms with Gasteiger partial charge in [0.05, 0.1) is 24.3 Å². The minimum atomic E-state index is -0.679. The van der Waals surface area contributed by atoms with E-state index in [1.54, 1.807) is 0 Å². The van der Waals surface area contributed by atoms with E-state index in [1.807, 2.05) is 0 Å². The molecule has 108 valence electrons. The van der Waals surface area contributed by atoms with E-state index in [-0.39, 0.29) is 23.1 Å². The van der Waals surface area contributed by atoms with Gasteiger partial charge >= 0.3 is 5.97 Å². The number of esters is 1. The second-order valence-electron chi connectivity index (χ2n) is 4.71. The molecule has 1 aliphatic heterocycles. The van der Waals surface area contributed by atoms with Crippen molar-refractivity contribution in [2.45, 2.75) is 12.8 Å². The third-order valence-corrected chi connectivity index (χ3v) is 3.31. The van der Waals surface area contributed by atoms with E-state index >= 15 is 0 Å². The zero-order valence-electron chi connectivity index (χ0n) is 11.2. The Morgan fingerprint density at radius 2 is 2.25 bits per heavy atom. The average molecular weight is 280 g/mol. The van der Waals surface area contributed by atoms with Gasteiger partial charge in [0.15, 0.2) is 0 Å². The molecule has 1 aliphatic rings. The van der Waals surface area contributed by atoms with Gasteiger partial charge in [0.2, 0.25) is 5.91 Å². The first-order chi connectivity index (χ1) is 9.61. The summed E-state index contributed by atoms with van der Waals surface area (Å²) in [6.07, 6.45) is 1.74. The highest BCUT2D eigenvalue weighted by atomic mass is 19.1. The van der Waals surface area contributed by atoms with Crippen molar-refractivity contribution >= 4 is 17.6 Å². The van der Waals surface area contributed by atoms with Crippen molar-refractivity contribution in [1.82, 2.24) is 5.32 Å². The van der Waals surface area contributed by atoms with Crippen molar-refractivity contribution in [1.29, 1.82) is 0 Å². The van der Waals surface area contributed by atoms with Crippen molar-refractivity contribution in [3.8, 4) is 0 Å². The number of methoxy groups -OCH3 is 1. The molecule has 20 heavy (non-hydrogen) atoms. The lowest BCUT2D eigenvalue weighted by atomic mass is 9.98. The molecule has 0 bridgehead atoms. The number of amides is 1. The lowest BCUT2D eigenvalue weighted by Crippen LogP contribution is -2.37. The van der Waals surface area contributed by atoms with Gasteiger partial charge in [-0.1, -0.05) is 0 Å². The van der Waals surface area contributed by atoms with Crippen LogP contribution in [-0.2, 0) is 9.53 Å². The number of ether oxygens (including phenoxy) is 1. The second kappa shape index (κ2) is 6.47. The summed E-state index contributed by atoms with van der Waals surface area (Å²) in [6.45, 7) is 1.52. The molecule has 1 heterocycles. The van der Waals surface area contributed by atoms with Crippen molar-refractivity contribution < 1.29 is 18.7 Å². The van der Waals surface area contributed by atoms with Crippen molar-refractivity contribution in [3.05, 3.63) is 29.6 Å². The first kappa shape index (κ1) is 14.5. The maximum atomic E-state index is 13.2. The van der Waals surface area contributed by atoms with Gasteiger partial charge < -0.3 is 15.4 Å². The van der Waals surface area contributed by atoms with Crippen molar-refractivity contribution in [2.24, 2.45) is 5.92 Å². The molecule has 1 atom stereocenters. The van der Waals surface area contributed by atoms with Gasteiger partial charge in [0.25, 0.3) is 0 Å². The lowest BCUT2D eigenvalue weighted by Gasteiger charge is -2.22. The molecule has 1 saturated heterocycles. The predicted octanol–water partition coefficient (Wildman–Crippen LogP) is 1.55. The molecule has 6 heteroatoms. The molecule has 1 unspecified atom stereocenters. The standard InChI is InChI=1S/C14H17FN2O3/c1-20-14(19)11-7-10(15)4-5-12(11)17-13(18)9-3-2-6-16-8-9/h4-5,7,9,16H,2-3,6,8H2,1H3,(H,17,18). The van der Waals surface area contributed by atoms with E-state index in [0.717, 1.165) is 25.5 Å². The van der Waals surface area contributed by atoms with Crippen LogP contribution in [0.3, 0.4) is 0 Å². The molecule has 0 radical (unpaired) electrons. The summed E-state index contributed by atoms with van der Waals surface area (Å²) < 4.78 is 17.8. The number of hydrogen-bond acceptors (Lipinski definition) is 4. The van der Waals surface area contributed by atoms with Crippen LogP contribution in [0, 0.1) is 11.7 Å². The Morgan fingerprint density at radius 1 is 1.45 bits per heavy atom. The number of anilines is 1. The highest BCUT2D eigenvalue weighted by Crippen LogP contribution is 2.20. The van der Waals surface area contributed by atoms with Crippen LogP contribution < -0.4 is 10.6 Å². The molecule has 2 rings (SSSR count). The van der Waals surface area contributed by atoms with Crippen LogP contribution in [0.25, 0.3) is 0 Å². The summed E-state index contributed by atoms with van der Waals surface area (Å²) in [5.74, 6) is -1.54. The van der Waals surface area contributed by atoms with E-state index in [4.69, 9.17) is 0 Å². The maximum absolute atomic E-state index is 13.2. The number of carbonyl (C=O) groups excluding carboxylic acids is 2. The number of benzene rings is 1. The molecule has 1 fully saturated rings. The Morgan fingerprint density at radius 3 is 2.90 bits per heavy atom. The number of rotatable bonds is 3. The number of piperidine rings is 1. The molecule has 0 spiro atoms. The molecular weight excluding hydrogens is 263 g/mol. The Bertz CT molecular complexity index is 513. The van der Waals surface area contributed by atoms with Gasteiger partial charge in [0.1, 0.15) is 5.82 Å². The van der Waals surface area contributed by atoms with E-state index in [2.05, 4.69) is 15.4 Å². The molecule has 1 aromatic carbocycles. The quantitative estimate of drug-likeness (QED) is 0.824. The maximum Gasteiger partial charge on any atom is 0.340 e. The summed E-state index contributed by atoms with van der Waals surface area (Å²) in [5.41, 5.74) is 0.290.